The Morgan fingerprint density at radius 3 is 2.65 bits per heavy atom. The van der Waals surface area contributed by atoms with Gasteiger partial charge in [-0.25, -0.2) is 4.98 Å². The first-order valence-electron chi connectivity index (χ1n) is 10.1. The van der Waals surface area contributed by atoms with Crippen molar-refractivity contribution in [3.8, 4) is 11.3 Å². The highest BCUT2D eigenvalue weighted by Crippen LogP contribution is 2.29. The summed E-state index contributed by atoms with van der Waals surface area (Å²) in [7, 11) is 0. The molecular formula is C25H16BrN3O4S. The number of amides is 2. The first-order valence-corrected chi connectivity index (χ1v) is 11.7. The number of benzene rings is 2. The first kappa shape index (κ1) is 21.9. The summed E-state index contributed by atoms with van der Waals surface area (Å²) in [6.45, 7) is 0. The van der Waals surface area contributed by atoms with Crippen molar-refractivity contribution in [2.45, 2.75) is 0 Å². The quantitative estimate of drug-likeness (QED) is 0.233. The molecule has 5 aromatic rings. The SMILES string of the molecule is O=C(/C=C/c1ccc(-c2ccc(Br)cc2)o1)Nc1ccc2nc(NC(=O)c3ccco3)sc2c1. The number of furan rings is 2. The van der Waals surface area contributed by atoms with Gasteiger partial charge in [0.25, 0.3) is 5.91 Å². The van der Waals surface area contributed by atoms with Crippen LogP contribution in [0.4, 0.5) is 10.8 Å². The zero-order valence-corrected chi connectivity index (χ0v) is 19.9. The Labute approximate surface area is 206 Å². The van der Waals surface area contributed by atoms with Crippen molar-refractivity contribution in [3.63, 3.8) is 0 Å². The Bertz CT molecular complexity index is 1500. The third-order valence-electron chi connectivity index (χ3n) is 4.78. The molecule has 2 aromatic carbocycles. The van der Waals surface area contributed by atoms with Crippen LogP contribution in [-0.4, -0.2) is 16.8 Å². The molecule has 168 valence electrons. The lowest BCUT2D eigenvalue weighted by Gasteiger charge is -2.01. The number of hydrogen-bond acceptors (Lipinski definition) is 6. The van der Waals surface area contributed by atoms with Crippen LogP contribution < -0.4 is 10.6 Å². The largest absolute Gasteiger partial charge is 0.459 e. The van der Waals surface area contributed by atoms with E-state index in [4.69, 9.17) is 8.83 Å². The van der Waals surface area contributed by atoms with Gasteiger partial charge in [0.2, 0.25) is 5.91 Å². The number of aromatic nitrogens is 1. The highest BCUT2D eigenvalue weighted by molar-refractivity contribution is 9.10. The van der Waals surface area contributed by atoms with Gasteiger partial charge in [-0.15, -0.1) is 0 Å². The number of halogens is 1. The number of carbonyl (C=O) groups is 2. The van der Waals surface area contributed by atoms with Crippen molar-refractivity contribution in [1.82, 2.24) is 4.98 Å². The summed E-state index contributed by atoms with van der Waals surface area (Å²) in [4.78, 5) is 28.9. The number of carbonyl (C=O) groups excluding carboxylic acids is 2. The molecule has 3 heterocycles. The van der Waals surface area contributed by atoms with Crippen LogP contribution in [0.2, 0.25) is 0 Å². The minimum Gasteiger partial charge on any atom is -0.459 e. The van der Waals surface area contributed by atoms with Gasteiger partial charge in [0, 0.05) is 21.8 Å². The van der Waals surface area contributed by atoms with Gasteiger partial charge in [-0.05, 0) is 60.7 Å². The van der Waals surface area contributed by atoms with Crippen molar-refractivity contribution in [1.29, 1.82) is 0 Å². The minimum atomic E-state index is -0.371. The van der Waals surface area contributed by atoms with Gasteiger partial charge in [0.15, 0.2) is 10.9 Å². The fraction of sp³-hybridized carbons (Fsp3) is 0. The number of anilines is 2. The second-order valence-electron chi connectivity index (χ2n) is 7.16. The fourth-order valence-electron chi connectivity index (χ4n) is 3.18. The summed E-state index contributed by atoms with van der Waals surface area (Å²) >= 11 is 4.72. The van der Waals surface area contributed by atoms with Gasteiger partial charge < -0.3 is 14.2 Å². The summed E-state index contributed by atoms with van der Waals surface area (Å²) in [6, 6.07) is 20.0. The van der Waals surface area contributed by atoms with Crippen LogP contribution in [0.5, 0.6) is 0 Å². The molecule has 0 unspecified atom stereocenters. The van der Waals surface area contributed by atoms with E-state index in [1.807, 2.05) is 36.4 Å². The van der Waals surface area contributed by atoms with Crippen molar-refractivity contribution >= 4 is 66.2 Å². The molecule has 0 aliphatic carbocycles. The molecule has 2 amide bonds. The van der Waals surface area contributed by atoms with Gasteiger partial charge in [0.1, 0.15) is 11.5 Å². The van der Waals surface area contributed by atoms with Crippen LogP contribution in [0.15, 0.2) is 92.4 Å². The predicted molar refractivity (Wildman–Crippen MR) is 136 cm³/mol. The van der Waals surface area contributed by atoms with E-state index in [1.165, 1.54) is 23.7 Å². The van der Waals surface area contributed by atoms with E-state index < -0.39 is 0 Å². The Morgan fingerprint density at radius 1 is 1.00 bits per heavy atom. The number of hydrogen-bond donors (Lipinski definition) is 2. The average molecular weight is 534 g/mol. The molecule has 0 bridgehead atoms. The number of thiazole rings is 1. The molecule has 0 spiro atoms. The van der Waals surface area contributed by atoms with Crippen LogP contribution >= 0.6 is 27.3 Å². The van der Waals surface area contributed by atoms with E-state index in [0.717, 1.165) is 20.5 Å². The summed E-state index contributed by atoms with van der Waals surface area (Å²) in [5, 5.41) is 5.98. The Morgan fingerprint density at radius 2 is 1.85 bits per heavy atom. The highest BCUT2D eigenvalue weighted by Gasteiger charge is 2.12. The van der Waals surface area contributed by atoms with E-state index in [0.29, 0.717) is 22.1 Å². The molecule has 0 saturated carbocycles. The number of rotatable bonds is 6. The zero-order chi connectivity index (χ0) is 23.5. The normalized spacial score (nSPS) is 11.2. The third kappa shape index (κ3) is 5.00. The van der Waals surface area contributed by atoms with Crippen molar-refractivity contribution in [2.75, 3.05) is 10.6 Å². The lowest BCUT2D eigenvalue weighted by atomic mass is 10.2. The smallest absolute Gasteiger partial charge is 0.293 e. The molecule has 0 aliphatic heterocycles. The molecule has 34 heavy (non-hydrogen) atoms. The Balaban J connectivity index is 1.23. The van der Waals surface area contributed by atoms with E-state index in [-0.39, 0.29) is 17.6 Å². The lowest BCUT2D eigenvalue weighted by molar-refractivity contribution is -0.111. The summed E-state index contributed by atoms with van der Waals surface area (Å²) in [5.41, 5.74) is 2.28. The standard InChI is InChI=1S/C25H16BrN3O4S/c26-16-5-3-15(4-6-16)20-11-8-18(33-20)9-12-23(30)27-17-7-10-19-22(14-17)34-25(28-19)29-24(31)21-2-1-13-32-21/h1-14H,(H,27,30)(H,28,29,31)/b12-9+. The molecule has 0 saturated heterocycles. The summed E-state index contributed by atoms with van der Waals surface area (Å²) in [5.74, 6) is 0.835. The first-order chi connectivity index (χ1) is 16.5. The van der Waals surface area contributed by atoms with Gasteiger partial charge in [-0.3, -0.25) is 14.9 Å². The average Bonchev–Trinajstić information content (AvgIpc) is 3.58. The Kier molecular flexibility index (Phi) is 6.11. The van der Waals surface area contributed by atoms with Crippen molar-refractivity contribution in [3.05, 3.63) is 95.1 Å². The summed E-state index contributed by atoms with van der Waals surface area (Å²) < 4.78 is 12.7. The van der Waals surface area contributed by atoms with Crippen molar-refractivity contribution in [2.24, 2.45) is 0 Å². The van der Waals surface area contributed by atoms with Crippen LogP contribution in [-0.2, 0) is 4.79 Å². The maximum Gasteiger partial charge on any atom is 0.293 e. The highest BCUT2D eigenvalue weighted by atomic mass is 79.9. The molecule has 0 atom stereocenters. The fourth-order valence-corrected chi connectivity index (χ4v) is 4.34. The minimum absolute atomic E-state index is 0.208. The van der Waals surface area contributed by atoms with E-state index in [1.54, 1.807) is 36.4 Å². The second-order valence-corrected chi connectivity index (χ2v) is 9.11. The molecule has 0 radical (unpaired) electrons. The van der Waals surface area contributed by atoms with E-state index in [2.05, 4.69) is 31.5 Å². The van der Waals surface area contributed by atoms with Gasteiger partial charge in [0.05, 0.1) is 16.5 Å². The monoisotopic (exact) mass is 533 g/mol. The Hall–Kier alpha value is -3.95. The zero-order valence-electron chi connectivity index (χ0n) is 17.4. The van der Waals surface area contributed by atoms with Crippen LogP contribution in [0.3, 0.4) is 0 Å². The van der Waals surface area contributed by atoms with Gasteiger partial charge in [-0.1, -0.05) is 39.4 Å². The van der Waals surface area contributed by atoms with E-state index in [9.17, 15) is 9.59 Å². The number of fused-ring (bicyclic) bond motifs is 1. The number of nitrogens with zero attached hydrogens (tertiary/aromatic N) is 1. The predicted octanol–water partition coefficient (Wildman–Crippen LogP) is 6.82. The van der Waals surface area contributed by atoms with Gasteiger partial charge >= 0.3 is 0 Å². The van der Waals surface area contributed by atoms with Gasteiger partial charge in [-0.2, -0.15) is 0 Å². The molecule has 2 N–H and O–H groups in total. The van der Waals surface area contributed by atoms with Crippen molar-refractivity contribution < 1.29 is 18.4 Å². The molecular weight excluding hydrogens is 518 g/mol. The van der Waals surface area contributed by atoms with Crippen LogP contribution in [0, 0.1) is 0 Å². The topological polar surface area (TPSA) is 97.4 Å². The maximum atomic E-state index is 12.4. The molecule has 5 rings (SSSR count). The second kappa shape index (κ2) is 9.50. The maximum absolute atomic E-state index is 12.4. The molecule has 0 aliphatic rings. The summed E-state index contributed by atoms with van der Waals surface area (Å²) in [6.07, 6.45) is 4.46. The number of nitrogens with one attached hydrogen (secondary N) is 2. The molecule has 7 nitrogen and oxygen atoms in total. The molecule has 3 aromatic heterocycles. The molecule has 0 fully saturated rings. The lowest BCUT2D eigenvalue weighted by Crippen LogP contribution is -2.10. The molecule has 9 heteroatoms. The van der Waals surface area contributed by atoms with E-state index >= 15 is 0 Å². The third-order valence-corrected chi connectivity index (χ3v) is 6.24. The van der Waals surface area contributed by atoms with Crippen LogP contribution in [0.25, 0.3) is 27.6 Å². The van der Waals surface area contributed by atoms with Crippen LogP contribution in [0.1, 0.15) is 16.3 Å².